The van der Waals surface area contributed by atoms with Crippen molar-refractivity contribution in [2.45, 2.75) is 309 Å². The number of aliphatic hydroxyl groups is 2. The summed E-state index contributed by atoms with van der Waals surface area (Å²) in [4.78, 5) is 26.3. The molecular formula is C61H111NO5. The molecule has 3 unspecified atom stereocenters. The Hall–Kier alpha value is -2.44. The van der Waals surface area contributed by atoms with Crippen molar-refractivity contribution in [2.24, 2.45) is 0 Å². The summed E-state index contributed by atoms with van der Waals surface area (Å²) >= 11 is 0. The van der Waals surface area contributed by atoms with Crippen molar-refractivity contribution in [1.29, 1.82) is 0 Å². The fourth-order valence-electron chi connectivity index (χ4n) is 8.71. The predicted octanol–water partition coefficient (Wildman–Crippen LogP) is 18.0. The molecule has 0 radical (unpaired) electrons. The molecule has 0 aromatic rings. The van der Waals surface area contributed by atoms with E-state index < -0.39 is 18.2 Å². The molecule has 0 rings (SSSR count). The number of allylic oxidation sites excluding steroid dienone is 10. The Bertz CT molecular complexity index is 1190. The highest BCUT2D eigenvalue weighted by atomic mass is 16.5. The summed E-state index contributed by atoms with van der Waals surface area (Å²) in [5, 5.41) is 23.9. The Morgan fingerprint density at radius 2 is 0.806 bits per heavy atom. The van der Waals surface area contributed by atoms with Crippen molar-refractivity contribution in [2.75, 3.05) is 6.61 Å². The number of aliphatic hydroxyl groups excluding tert-OH is 2. The molecule has 0 aromatic carbocycles. The first-order valence-corrected chi connectivity index (χ1v) is 29.0. The lowest BCUT2D eigenvalue weighted by Crippen LogP contribution is -2.46. The maximum Gasteiger partial charge on any atom is 0.306 e. The van der Waals surface area contributed by atoms with Gasteiger partial charge < -0.3 is 20.3 Å². The third kappa shape index (κ3) is 49.8. The number of carbonyl (C=O) groups excluding carboxylic acids is 2. The molecule has 0 fully saturated rings. The maximum atomic E-state index is 13.3. The quantitative estimate of drug-likeness (QED) is 0.0321. The van der Waals surface area contributed by atoms with E-state index in [0.29, 0.717) is 19.3 Å². The van der Waals surface area contributed by atoms with Crippen LogP contribution in [0.5, 0.6) is 0 Å². The zero-order valence-electron chi connectivity index (χ0n) is 44.5. The molecule has 3 N–H and O–H groups in total. The maximum absolute atomic E-state index is 13.3. The molecule has 0 saturated carbocycles. The fraction of sp³-hybridized carbons (Fsp3) is 0.803. The Balaban J connectivity index is 4.55. The highest BCUT2D eigenvalue weighted by Crippen LogP contribution is 2.18. The van der Waals surface area contributed by atoms with Crippen molar-refractivity contribution in [3.8, 4) is 0 Å². The van der Waals surface area contributed by atoms with Crippen LogP contribution in [0.15, 0.2) is 60.8 Å². The first-order chi connectivity index (χ1) is 33.0. The van der Waals surface area contributed by atoms with Gasteiger partial charge in [-0.25, -0.2) is 0 Å². The van der Waals surface area contributed by atoms with E-state index in [1.165, 1.54) is 148 Å². The monoisotopic (exact) mass is 938 g/mol. The molecule has 1 amide bonds. The highest BCUT2D eigenvalue weighted by molar-refractivity contribution is 5.77. The van der Waals surface area contributed by atoms with Crippen molar-refractivity contribution in [3.63, 3.8) is 0 Å². The van der Waals surface area contributed by atoms with Crippen LogP contribution < -0.4 is 5.32 Å². The van der Waals surface area contributed by atoms with Gasteiger partial charge >= 0.3 is 5.97 Å². The number of rotatable bonds is 52. The van der Waals surface area contributed by atoms with Crippen LogP contribution in [0.3, 0.4) is 0 Å². The molecule has 6 heteroatoms. The van der Waals surface area contributed by atoms with Crippen LogP contribution in [0.2, 0.25) is 0 Å². The van der Waals surface area contributed by atoms with Crippen molar-refractivity contribution in [3.05, 3.63) is 60.8 Å². The van der Waals surface area contributed by atoms with E-state index in [4.69, 9.17) is 4.74 Å². The van der Waals surface area contributed by atoms with E-state index in [2.05, 4.69) is 86.8 Å². The van der Waals surface area contributed by atoms with Gasteiger partial charge in [0.25, 0.3) is 0 Å². The second-order valence-corrected chi connectivity index (χ2v) is 19.7. The number of amides is 1. The molecule has 67 heavy (non-hydrogen) atoms. The molecular weight excluding hydrogens is 827 g/mol. The predicted molar refractivity (Wildman–Crippen MR) is 292 cm³/mol. The summed E-state index contributed by atoms with van der Waals surface area (Å²) in [5.74, 6) is -0.493. The minimum atomic E-state index is -0.796. The van der Waals surface area contributed by atoms with E-state index in [0.717, 1.165) is 96.3 Å². The minimum Gasteiger partial charge on any atom is -0.462 e. The van der Waals surface area contributed by atoms with E-state index in [-0.39, 0.29) is 24.9 Å². The Morgan fingerprint density at radius 3 is 1.25 bits per heavy atom. The number of nitrogens with one attached hydrogen (secondary N) is 1. The smallest absolute Gasteiger partial charge is 0.306 e. The second kappa shape index (κ2) is 54.5. The van der Waals surface area contributed by atoms with Gasteiger partial charge in [-0.05, 0) is 89.9 Å². The number of ether oxygens (including phenoxy) is 1. The number of esters is 1. The Kier molecular flexibility index (Phi) is 52.5. The molecule has 0 aliphatic heterocycles. The standard InChI is InChI=1S/C61H111NO5/c1-4-7-10-13-16-19-22-25-28-29-30-31-33-36-39-42-45-48-51-54-61(66)67-57(52-49-46-43-40-37-34-27-24-21-18-15-12-9-6-3)55-60(65)62-58(56-63)59(64)53-50-47-44-41-38-35-32-26-23-20-17-14-11-8-5-2/h9,12,16,18-19,21,25,27-28,34,57-59,63-64H,4-8,10-11,13-15,17,20,22-24,26,29-33,35-56H2,1-3H3,(H,62,65)/b12-9+,19-16-,21-18+,28-25-,34-27+. The second-order valence-electron chi connectivity index (χ2n) is 19.7. The lowest BCUT2D eigenvalue weighted by molar-refractivity contribution is -0.151. The summed E-state index contributed by atoms with van der Waals surface area (Å²) in [6.07, 6.45) is 68.6. The zero-order valence-corrected chi connectivity index (χ0v) is 44.5. The summed E-state index contributed by atoms with van der Waals surface area (Å²) < 4.78 is 5.95. The van der Waals surface area contributed by atoms with Gasteiger partial charge in [-0.2, -0.15) is 0 Å². The largest absolute Gasteiger partial charge is 0.462 e. The van der Waals surface area contributed by atoms with E-state index in [1.807, 2.05) is 0 Å². The first kappa shape index (κ1) is 64.6. The highest BCUT2D eigenvalue weighted by Gasteiger charge is 2.24. The average molecular weight is 939 g/mol. The zero-order chi connectivity index (χ0) is 48.8. The van der Waals surface area contributed by atoms with Crippen molar-refractivity contribution < 1.29 is 24.5 Å². The van der Waals surface area contributed by atoms with Crippen molar-refractivity contribution in [1.82, 2.24) is 5.32 Å². The average Bonchev–Trinajstić information content (AvgIpc) is 3.32. The lowest BCUT2D eigenvalue weighted by atomic mass is 10.0. The van der Waals surface area contributed by atoms with Gasteiger partial charge in [-0.3, -0.25) is 9.59 Å². The summed E-state index contributed by atoms with van der Waals surface area (Å²) in [6.45, 7) is 6.37. The van der Waals surface area contributed by atoms with Gasteiger partial charge in [0.05, 0.1) is 25.2 Å². The summed E-state index contributed by atoms with van der Waals surface area (Å²) in [6, 6.07) is -0.712. The van der Waals surface area contributed by atoms with Crippen LogP contribution in [-0.4, -0.2) is 46.9 Å². The van der Waals surface area contributed by atoms with Crippen LogP contribution in [0.25, 0.3) is 0 Å². The van der Waals surface area contributed by atoms with E-state index in [9.17, 15) is 19.8 Å². The molecule has 0 saturated heterocycles. The number of unbranched alkanes of at least 4 members (excludes halogenated alkanes) is 30. The molecule has 0 aliphatic carbocycles. The SMILES string of the molecule is CC/C=C/C/C=C/C/C=C/CCCCCCC(CC(=O)NC(CO)C(O)CCCCCCCCCCCCCCCCC)OC(=O)CCCCCCCCCCC/C=C\C/C=C\CCCCC. The summed E-state index contributed by atoms with van der Waals surface area (Å²) in [5.41, 5.74) is 0. The van der Waals surface area contributed by atoms with Crippen LogP contribution in [0.1, 0.15) is 290 Å². The van der Waals surface area contributed by atoms with Gasteiger partial charge in [0, 0.05) is 6.42 Å². The lowest BCUT2D eigenvalue weighted by Gasteiger charge is -2.24. The van der Waals surface area contributed by atoms with Crippen LogP contribution in [0, 0.1) is 0 Å². The molecule has 0 aliphatic rings. The van der Waals surface area contributed by atoms with Gasteiger partial charge in [-0.1, -0.05) is 248 Å². The first-order valence-electron chi connectivity index (χ1n) is 29.0. The van der Waals surface area contributed by atoms with Crippen molar-refractivity contribution >= 4 is 11.9 Å². The van der Waals surface area contributed by atoms with Gasteiger partial charge in [0.2, 0.25) is 5.91 Å². The van der Waals surface area contributed by atoms with Gasteiger partial charge in [0.15, 0.2) is 0 Å². The Labute approximate surface area is 416 Å². The molecule has 0 spiro atoms. The fourth-order valence-corrected chi connectivity index (χ4v) is 8.71. The molecule has 390 valence electrons. The van der Waals surface area contributed by atoms with Crippen LogP contribution in [-0.2, 0) is 14.3 Å². The normalized spacial score (nSPS) is 13.6. The van der Waals surface area contributed by atoms with Crippen LogP contribution >= 0.6 is 0 Å². The minimum absolute atomic E-state index is 0.0607. The summed E-state index contributed by atoms with van der Waals surface area (Å²) in [7, 11) is 0. The number of hydrogen-bond acceptors (Lipinski definition) is 5. The molecule has 0 heterocycles. The number of carbonyl (C=O) groups is 2. The van der Waals surface area contributed by atoms with Gasteiger partial charge in [-0.15, -0.1) is 0 Å². The van der Waals surface area contributed by atoms with E-state index in [1.54, 1.807) is 0 Å². The van der Waals surface area contributed by atoms with Gasteiger partial charge in [0.1, 0.15) is 6.10 Å². The van der Waals surface area contributed by atoms with Crippen LogP contribution in [0.4, 0.5) is 0 Å². The molecule has 3 atom stereocenters. The Morgan fingerprint density at radius 1 is 0.448 bits per heavy atom. The third-order valence-corrected chi connectivity index (χ3v) is 13.1. The third-order valence-electron chi connectivity index (χ3n) is 13.1. The topological polar surface area (TPSA) is 95.9 Å². The molecule has 0 aromatic heterocycles. The van der Waals surface area contributed by atoms with E-state index >= 15 is 0 Å². The molecule has 6 nitrogen and oxygen atoms in total. The number of hydrogen-bond donors (Lipinski definition) is 3. The molecule has 0 bridgehead atoms.